The first-order valence-electron chi connectivity index (χ1n) is 6.20. The van der Waals surface area contributed by atoms with Crippen molar-refractivity contribution in [1.29, 1.82) is 0 Å². The standard InChI is InChI=1S/C14H16FN3OS/c1-9(2)13-14(18(3)12(17-13)8-16-19)20-11-6-4-5-10(15)7-11/h4-9,19H,1-3H3/b16-8+. The fraction of sp³-hybridized carbons (Fsp3) is 0.286. The molecule has 0 radical (unpaired) electrons. The van der Waals surface area contributed by atoms with Crippen LogP contribution in [0, 0.1) is 5.82 Å². The van der Waals surface area contributed by atoms with Crippen LogP contribution in [0.15, 0.2) is 39.3 Å². The van der Waals surface area contributed by atoms with E-state index in [0.717, 1.165) is 15.6 Å². The van der Waals surface area contributed by atoms with E-state index in [0.29, 0.717) is 5.82 Å². The molecule has 0 atom stereocenters. The number of hydrogen-bond donors (Lipinski definition) is 1. The zero-order valence-corrected chi connectivity index (χ0v) is 12.4. The van der Waals surface area contributed by atoms with E-state index in [9.17, 15) is 4.39 Å². The molecule has 0 aliphatic carbocycles. The van der Waals surface area contributed by atoms with Gasteiger partial charge in [0.15, 0.2) is 5.82 Å². The summed E-state index contributed by atoms with van der Waals surface area (Å²) >= 11 is 1.45. The maximum absolute atomic E-state index is 13.3. The molecule has 20 heavy (non-hydrogen) atoms. The first-order valence-corrected chi connectivity index (χ1v) is 7.02. The minimum atomic E-state index is -0.264. The van der Waals surface area contributed by atoms with E-state index < -0.39 is 0 Å². The van der Waals surface area contributed by atoms with Crippen LogP contribution < -0.4 is 0 Å². The molecular weight excluding hydrogens is 277 g/mol. The lowest BCUT2D eigenvalue weighted by molar-refractivity contribution is 0.321. The van der Waals surface area contributed by atoms with E-state index in [1.54, 1.807) is 6.07 Å². The van der Waals surface area contributed by atoms with Gasteiger partial charge in [0, 0.05) is 11.9 Å². The third-order valence-electron chi connectivity index (χ3n) is 2.83. The number of oxime groups is 1. The first-order chi connectivity index (χ1) is 9.52. The van der Waals surface area contributed by atoms with Crippen molar-refractivity contribution in [2.45, 2.75) is 29.7 Å². The molecule has 0 amide bonds. The predicted octanol–water partition coefficient (Wildman–Crippen LogP) is 3.64. The molecule has 0 bridgehead atoms. The van der Waals surface area contributed by atoms with E-state index in [-0.39, 0.29) is 11.7 Å². The van der Waals surface area contributed by atoms with Gasteiger partial charge in [-0.15, -0.1) is 0 Å². The molecule has 2 aromatic rings. The van der Waals surface area contributed by atoms with Crippen LogP contribution in [-0.2, 0) is 7.05 Å². The summed E-state index contributed by atoms with van der Waals surface area (Å²) in [6, 6.07) is 6.44. The molecule has 106 valence electrons. The number of halogens is 1. The highest BCUT2D eigenvalue weighted by Crippen LogP contribution is 2.34. The van der Waals surface area contributed by atoms with Gasteiger partial charge in [-0.1, -0.05) is 36.8 Å². The highest BCUT2D eigenvalue weighted by molar-refractivity contribution is 7.99. The summed E-state index contributed by atoms with van der Waals surface area (Å²) in [5, 5.41) is 12.6. The van der Waals surface area contributed by atoms with Crippen molar-refractivity contribution < 1.29 is 9.60 Å². The number of imidazole rings is 1. The Balaban J connectivity index is 2.44. The van der Waals surface area contributed by atoms with E-state index in [4.69, 9.17) is 5.21 Å². The van der Waals surface area contributed by atoms with Gasteiger partial charge in [-0.05, 0) is 24.1 Å². The highest BCUT2D eigenvalue weighted by Gasteiger charge is 2.17. The third-order valence-corrected chi connectivity index (χ3v) is 4.00. The van der Waals surface area contributed by atoms with Crippen LogP contribution in [0.5, 0.6) is 0 Å². The van der Waals surface area contributed by atoms with Crippen LogP contribution in [0.25, 0.3) is 0 Å². The summed E-state index contributed by atoms with van der Waals surface area (Å²) in [4.78, 5) is 5.26. The molecular formula is C14H16FN3OS. The average molecular weight is 293 g/mol. The largest absolute Gasteiger partial charge is 0.411 e. The van der Waals surface area contributed by atoms with Gasteiger partial charge in [0.1, 0.15) is 17.1 Å². The molecule has 0 aliphatic rings. The number of benzene rings is 1. The maximum Gasteiger partial charge on any atom is 0.155 e. The molecule has 1 aromatic heterocycles. The normalized spacial score (nSPS) is 11.7. The Kier molecular flexibility index (Phi) is 4.44. The fourth-order valence-corrected chi connectivity index (χ4v) is 2.99. The third kappa shape index (κ3) is 3.01. The summed E-state index contributed by atoms with van der Waals surface area (Å²) in [6.45, 7) is 4.08. The molecule has 0 fully saturated rings. The molecule has 0 saturated heterocycles. The lowest BCUT2D eigenvalue weighted by atomic mass is 10.2. The SMILES string of the molecule is CC(C)c1nc(/C=N/O)n(C)c1Sc1cccc(F)c1. The quantitative estimate of drug-likeness (QED) is 0.532. The molecule has 1 heterocycles. The van der Waals surface area contributed by atoms with E-state index >= 15 is 0 Å². The Morgan fingerprint density at radius 1 is 1.45 bits per heavy atom. The topological polar surface area (TPSA) is 50.4 Å². The zero-order chi connectivity index (χ0) is 14.7. The Morgan fingerprint density at radius 3 is 2.80 bits per heavy atom. The molecule has 0 unspecified atom stereocenters. The van der Waals surface area contributed by atoms with Gasteiger partial charge in [-0.2, -0.15) is 0 Å². The summed E-state index contributed by atoms with van der Waals surface area (Å²) in [5.74, 6) is 0.522. The van der Waals surface area contributed by atoms with Crippen molar-refractivity contribution in [3.05, 3.63) is 41.6 Å². The van der Waals surface area contributed by atoms with Gasteiger partial charge in [0.2, 0.25) is 0 Å². The number of nitrogens with zero attached hydrogens (tertiary/aromatic N) is 3. The van der Waals surface area contributed by atoms with E-state index in [1.165, 1.54) is 30.1 Å². The maximum atomic E-state index is 13.3. The second-order valence-corrected chi connectivity index (χ2v) is 5.74. The van der Waals surface area contributed by atoms with Crippen molar-refractivity contribution in [2.24, 2.45) is 12.2 Å². The van der Waals surface area contributed by atoms with Crippen LogP contribution in [-0.4, -0.2) is 21.0 Å². The summed E-state index contributed by atoms with van der Waals surface area (Å²) in [5.41, 5.74) is 0.900. The molecule has 4 nitrogen and oxygen atoms in total. The van der Waals surface area contributed by atoms with Gasteiger partial charge in [0.05, 0.1) is 5.69 Å². The monoisotopic (exact) mass is 293 g/mol. The smallest absolute Gasteiger partial charge is 0.155 e. The van der Waals surface area contributed by atoms with Gasteiger partial charge < -0.3 is 9.77 Å². The fourth-order valence-electron chi connectivity index (χ4n) is 1.83. The van der Waals surface area contributed by atoms with Crippen LogP contribution in [0.1, 0.15) is 31.3 Å². The number of hydrogen-bond acceptors (Lipinski definition) is 4. The Morgan fingerprint density at radius 2 is 2.20 bits per heavy atom. The summed E-state index contributed by atoms with van der Waals surface area (Å²) in [6.07, 6.45) is 1.29. The van der Waals surface area contributed by atoms with Gasteiger partial charge in [-0.25, -0.2) is 9.37 Å². The van der Waals surface area contributed by atoms with E-state index in [1.807, 2.05) is 31.5 Å². The lowest BCUT2D eigenvalue weighted by Gasteiger charge is -2.08. The zero-order valence-electron chi connectivity index (χ0n) is 11.5. The second-order valence-electron chi connectivity index (χ2n) is 4.68. The second kappa shape index (κ2) is 6.09. The summed E-state index contributed by atoms with van der Waals surface area (Å²) in [7, 11) is 1.84. The molecule has 1 aromatic carbocycles. The Labute approximate surface area is 121 Å². The van der Waals surface area contributed by atoms with Crippen molar-refractivity contribution in [2.75, 3.05) is 0 Å². The highest BCUT2D eigenvalue weighted by atomic mass is 32.2. The number of rotatable bonds is 4. The van der Waals surface area contributed by atoms with Crippen LogP contribution >= 0.6 is 11.8 Å². The Bertz CT molecular complexity index is 637. The van der Waals surface area contributed by atoms with Crippen molar-refractivity contribution in [1.82, 2.24) is 9.55 Å². The minimum Gasteiger partial charge on any atom is -0.411 e. The summed E-state index contributed by atoms with van der Waals surface area (Å²) < 4.78 is 15.1. The molecule has 2 rings (SSSR count). The first kappa shape index (κ1) is 14.6. The molecule has 6 heteroatoms. The predicted molar refractivity (Wildman–Crippen MR) is 77.2 cm³/mol. The van der Waals surface area contributed by atoms with Gasteiger partial charge >= 0.3 is 0 Å². The van der Waals surface area contributed by atoms with Crippen molar-refractivity contribution >= 4 is 18.0 Å². The molecule has 0 spiro atoms. The van der Waals surface area contributed by atoms with Crippen LogP contribution in [0.2, 0.25) is 0 Å². The van der Waals surface area contributed by atoms with Crippen LogP contribution in [0.3, 0.4) is 0 Å². The molecule has 0 aliphatic heterocycles. The van der Waals surface area contributed by atoms with Crippen LogP contribution in [0.4, 0.5) is 4.39 Å². The average Bonchev–Trinajstić information content (AvgIpc) is 2.69. The van der Waals surface area contributed by atoms with Gasteiger partial charge in [-0.3, -0.25) is 0 Å². The molecule has 0 saturated carbocycles. The number of aromatic nitrogens is 2. The lowest BCUT2D eigenvalue weighted by Crippen LogP contribution is -1.98. The Hall–Kier alpha value is -1.82. The van der Waals surface area contributed by atoms with E-state index in [2.05, 4.69) is 10.1 Å². The molecule has 1 N–H and O–H groups in total. The van der Waals surface area contributed by atoms with Crippen molar-refractivity contribution in [3.8, 4) is 0 Å². The van der Waals surface area contributed by atoms with Crippen molar-refractivity contribution in [3.63, 3.8) is 0 Å². The van der Waals surface area contributed by atoms with Gasteiger partial charge in [0.25, 0.3) is 0 Å². The minimum absolute atomic E-state index is 0.220.